The van der Waals surface area contributed by atoms with Crippen LogP contribution in [0, 0.1) is 11.3 Å². The quantitative estimate of drug-likeness (QED) is 0.234. The monoisotopic (exact) mass is 659 g/mol. The van der Waals surface area contributed by atoms with Crippen molar-refractivity contribution in [1.29, 1.82) is 5.26 Å². The van der Waals surface area contributed by atoms with Gasteiger partial charge in [-0.15, -0.1) is 0 Å². The van der Waals surface area contributed by atoms with Gasteiger partial charge in [-0.3, -0.25) is 9.88 Å². The van der Waals surface area contributed by atoms with Crippen molar-refractivity contribution in [3.63, 3.8) is 0 Å². The number of nitrogens with zero attached hydrogens (tertiary/aromatic N) is 8. The van der Waals surface area contributed by atoms with Crippen LogP contribution >= 0.6 is 23.4 Å². The first-order valence-electron chi connectivity index (χ1n) is 16.0. The van der Waals surface area contributed by atoms with E-state index in [1.807, 2.05) is 36.0 Å². The second kappa shape index (κ2) is 14.9. The van der Waals surface area contributed by atoms with Crippen molar-refractivity contribution >= 4 is 51.3 Å². The maximum atomic E-state index is 10.1. The molecule has 0 spiro atoms. The van der Waals surface area contributed by atoms with Crippen molar-refractivity contribution in [3.8, 4) is 11.8 Å². The van der Waals surface area contributed by atoms with E-state index >= 15 is 0 Å². The summed E-state index contributed by atoms with van der Waals surface area (Å²) in [7, 11) is 4.14. The van der Waals surface area contributed by atoms with Crippen LogP contribution in [-0.2, 0) is 7.05 Å². The van der Waals surface area contributed by atoms with E-state index < -0.39 is 0 Å². The van der Waals surface area contributed by atoms with Gasteiger partial charge >= 0.3 is 0 Å². The molecule has 6 rings (SSSR count). The third kappa shape index (κ3) is 7.54. The number of imidazole rings is 1. The van der Waals surface area contributed by atoms with Crippen LogP contribution in [0.2, 0.25) is 5.02 Å². The van der Waals surface area contributed by atoms with E-state index in [-0.39, 0.29) is 0 Å². The summed E-state index contributed by atoms with van der Waals surface area (Å²) in [6, 6.07) is 12.4. The molecule has 242 valence electrons. The number of ether oxygens (including phenoxy) is 1. The number of aromatic nitrogens is 3. The number of pyridine rings is 1. The Hall–Kier alpha value is -3.53. The van der Waals surface area contributed by atoms with Gasteiger partial charge in [0.25, 0.3) is 0 Å². The number of hydrogen-bond acceptors (Lipinski definition) is 10. The fraction of sp³-hybridized carbons (Fsp3) is 0.441. The molecule has 4 heterocycles. The number of benzene rings is 2. The van der Waals surface area contributed by atoms with Gasteiger partial charge in [-0.2, -0.15) is 5.26 Å². The first-order valence-corrected chi connectivity index (χ1v) is 17.2. The highest BCUT2D eigenvalue weighted by molar-refractivity contribution is 7.99. The number of anilines is 3. The molecule has 0 aliphatic carbocycles. The SMILES string of the molecule is CCN1CCN(CCOc2cc3c(Nc4ccc(Sc5nccn5C)c(Cl)c4)c(C#N)cnc3cc2N2CCCN(C)CC2)CC1. The summed E-state index contributed by atoms with van der Waals surface area (Å²) in [5.41, 5.74) is 3.80. The van der Waals surface area contributed by atoms with E-state index in [1.165, 1.54) is 11.8 Å². The molecule has 1 N–H and O–H groups in total. The number of piperazine rings is 1. The average molecular weight is 660 g/mol. The van der Waals surface area contributed by atoms with Gasteiger partial charge in [-0.25, -0.2) is 4.98 Å². The van der Waals surface area contributed by atoms with E-state index in [1.54, 1.807) is 12.4 Å². The topological polar surface area (TPSA) is 88.7 Å². The first kappa shape index (κ1) is 32.4. The largest absolute Gasteiger partial charge is 0.490 e. The van der Waals surface area contributed by atoms with Crippen LogP contribution in [0.25, 0.3) is 10.9 Å². The number of nitrogens with one attached hydrogen (secondary N) is 1. The molecule has 0 saturated carbocycles. The van der Waals surface area contributed by atoms with Crippen LogP contribution < -0.4 is 15.0 Å². The molecular weight excluding hydrogens is 618 g/mol. The lowest BCUT2D eigenvalue weighted by Gasteiger charge is -2.34. The fourth-order valence-corrected chi connectivity index (χ4v) is 7.15. The number of rotatable bonds is 10. The van der Waals surface area contributed by atoms with Crippen molar-refractivity contribution in [2.45, 2.75) is 23.4 Å². The highest BCUT2D eigenvalue weighted by Gasteiger charge is 2.21. The van der Waals surface area contributed by atoms with E-state index in [9.17, 15) is 5.26 Å². The van der Waals surface area contributed by atoms with Gasteiger partial charge in [0, 0.05) is 94.0 Å². The molecule has 2 aliphatic rings. The number of halogens is 1. The second-order valence-electron chi connectivity index (χ2n) is 12.0. The van der Waals surface area contributed by atoms with Crippen LogP contribution in [0.1, 0.15) is 18.9 Å². The lowest BCUT2D eigenvalue weighted by molar-refractivity contribution is 0.121. The Labute approximate surface area is 280 Å². The van der Waals surface area contributed by atoms with Gasteiger partial charge < -0.3 is 29.3 Å². The molecule has 12 heteroatoms. The molecule has 2 aliphatic heterocycles. The number of fused-ring (bicyclic) bond motifs is 1. The van der Waals surface area contributed by atoms with Crippen LogP contribution in [0.5, 0.6) is 5.75 Å². The predicted octanol–water partition coefficient (Wildman–Crippen LogP) is 5.55. The predicted molar refractivity (Wildman–Crippen MR) is 187 cm³/mol. The molecule has 0 amide bonds. The summed E-state index contributed by atoms with van der Waals surface area (Å²) < 4.78 is 8.57. The molecule has 0 unspecified atom stereocenters. The van der Waals surface area contributed by atoms with Crippen LogP contribution in [0.3, 0.4) is 0 Å². The number of hydrogen-bond donors (Lipinski definition) is 1. The summed E-state index contributed by atoms with van der Waals surface area (Å²) in [6.45, 7) is 13.0. The van der Waals surface area contributed by atoms with Crippen molar-refractivity contribution < 1.29 is 4.74 Å². The number of aryl methyl sites for hydroxylation is 1. The van der Waals surface area contributed by atoms with Gasteiger partial charge in [-0.05, 0) is 56.9 Å². The van der Waals surface area contributed by atoms with Crippen LogP contribution in [0.15, 0.2) is 59.0 Å². The Morgan fingerprint density at radius 2 is 1.83 bits per heavy atom. The second-order valence-corrected chi connectivity index (χ2v) is 13.4. The minimum atomic E-state index is 0.457. The fourth-order valence-electron chi connectivity index (χ4n) is 6.05. The van der Waals surface area contributed by atoms with E-state index in [2.05, 4.69) is 62.1 Å². The van der Waals surface area contributed by atoms with Crippen LogP contribution in [-0.4, -0.2) is 108 Å². The zero-order valence-electron chi connectivity index (χ0n) is 26.9. The summed E-state index contributed by atoms with van der Waals surface area (Å²) in [5.74, 6) is 0.823. The summed E-state index contributed by atoms with van der Waals surface area (Å²) in [4.78, 5) is 19.8. The highest BCUT2D eigenvalue weighted by atomic mass is 35.5. The smallest absolute Gasteiger partial charge is 0.172 e. The maximum Gasteiger partial charge on any atom is 0.172 e. The Balaban J connectivity index is 1.30. The lowest BCUT2D eigenvalue weighted by Crippen LogP contribution is -2.47. The van der Waals surface area contributed by atoms with Crippen molar-refractivity contribution in [2.24, 2.45) is 7.05 Å². The van der Waals surface area contributed by atoms with Crippen molar-refractivity contribution in [3.05, 3.63) is 59.5 Å². The molecule has 2 aromatic carbocycles. The third-order valence-corrected chi connectivity index (χ3v) is 10.5. The van der Waals surface area contributed by atoms with E-state index in [4.69, 9.17) is 21.3 Å². The molecule has 4 aromatic rings. The highest BCUT2D eigenvalue weighted by Crippen LogP contribution is 2.40. The molecule has 2 aromatic heterocycles. The summed E-state index contributed by atoms with van der Waals surface area (Å²) in [6.07, 6.45) is 6.41. The molecule has 0 bridgehead atoms. The zero-order chi connectivity index (χ0) is 32.0. The van der Waals surface area contributed by atoms with Crippen molar-refractivity contribution in [2.75, 3.05) is 89.3 Å². The average Bonchev–Trinajstić information content (AvgIpc) is 3.34. The molecule has 10 nitrogen and oxygen atoms in total. The van der Waals surface area contributed by atoms with Gasteiger partial charge in [-0.1, -0.05) is 30.3 Å². The minimum Gasteiger partial charge on any atom is -0.490 e. The normalized spacial score (nSPS) is 16.8. The molecular formula is C34H42ClN9OS. The molecule has 46 heavy (non-hydrogen) atoms. The number of nitriles is 1. The molecule has 0 radical (unpaired) electrons. The van der Waals surface area contributed by atoms with Gasteiger partial charge in [0.05, 0.1) is 27.5 Å². The standard InChI is InChI=1S/C34H42ClN9OS/c1-4-42-13-15-43(16-14-42)18-19-45-31-21-27-29(22-30(31)44-10-5-9-40(2)12-17-44)38-24-25(23-36)33(27)39-26-6-7-32(28(35)20-26)46-34-37-8-11-41(34)3/h6-8,11,20-22,24H,4-5,9-10,12-19H2,1-3H3,(H,38,39). The Morgan fingerprint density at radius 1 is 1.00 bits per heavy atom. The molecule has 2 saturated heterocycles. The Morgan fingerprint density at radius 3 is 2.57 bits per heavy atom. The van der Waals surface area contributed by atoms with Crippen LogP contribution in [0.4, 0.5) is 17.1 Å². The van der Waals surface area contributed by atoms with Gasteiger partial charge in [0.2, 0.25) is 0 Å². The summed E-state index contributed by atoms with van der Waals surface area (Å²) in [5, 5.41) is 15.9. The lowest BCUT2D eigenvalue weighted by atomic mass is 10.1. The number of likely N-dealkylation sites (N-methyl/N-ethyl adjacent to an activating group) is 2. The zero-order valence-corrected chi connectivity index (χ0v) is 28.4. The molecule has 0 atom stereocenters. The molecule has 2 fully saturated rings. The van der Waals surface area contributed by atoms with E-state index in [0.29, 0.717) is 22.9 Å². The summed E-state index contributed by atoms with van der Waals surface area (Å²) >= 11 is 8.25. The maximum absolute atomic E-state index is 10.1. The Bertz CT molecular complexity index is 1700. The van der Waals surface area contributed by atoms with Gasteiger partial charge in [0.1, 0.15) is 18.4 Å². The first-order chi connectivity index (χ1) is 22.4. The third-order valence-electron chi connectivity index (χ3n) is 8.89. The van der Waals surface area contributed by atoms with E-state index in [0.717, 1.165) is 110 Å². The van der Waals surface area contributed by atoms with Gasteiger partial charge in [0.15, 0.2) is 5.16 Å². The minimum absolute atomic E-state index is 0.457. The Kier molecular flexibility index (Phi) is 10.5. The van der Waals surface area contributed by atoms with Crippen molar-refractivity contribution in [1.82, 2.24) is 29.2 Å².